The van der Waals surface area contributed by atoms with Crippen molar-refractivity contribution < 1.29 is 19.0 Å². The summed E-state index contributed by atoms with van der Waals surface area (Å²) in [6, 6.07) is 10.4. The quantitative estimate of drug-likeness (QED) is 0.235. The molecule has 0 unspecified atom stereocenters. The van der Waals surface area contributed by atoms with Gasteiger partial charge in [-0.2, -0.15) is 0 Å². The summed E-state index contributed by atoms with van der Waals surface area (Å²) < 4.78 is 18.8. The number of hydrogen-bond donors (Lipinski definition) is 1. The smallest absolute Gasteiger partial charge is 0.192 e. The van der Waals surface area contributed by atoms with Gasteiger partial charge in [-0.25, -0.2) is 0 Å². The Kier molecular flexibility index (Phi) is 10.2. The Hall–Kier alpha value is -0.723. The molecule has 0 spiro atoms. The van der Waals surface area contributed by atoms with E-state index in [9.17, 15) is 5.11 Å². The first-order valence-electron chi connectivity index (χ1n) is 12.9. The van der Waals surface area contributed by atoms with Crippen LogP contribution in [-0.2, 0) is 20.5 Å². The summed E-state index contributed by atoms with van der Waals surface area (Å²) in [4.78, 5) is 0. The van der Waals surface area contributed by atoms with Crippen LogP contribution in [0.4, 0.5) is 0 Å². The molecule has 0 saturated carbocycles. The summed E-state index contributed by atoms with van der Waals surface area (Å²) in [5.41, 5.74) is 0.847. The molecule has 1 heterocycles. The molecule has 2 rings (SSSR count). The molecule has 6 atom stereocenters. The predicted molar refractivity (Wildman–Crippen MR) is 140 cm³/mol. The summed E-state index contributed by atoms with van der Waals surface area (Å²) in [6.45, 7) is 22.1. The lowest BCUT2D eigenvalue weighted by Gasteiger charge is -2.41. The van der Waals surface area contributed by atoms with Gasteiger partial charge in [0.1, 0.15) is 5.60 Å². The SMILES string of the molecule is C[C@H](COCc1ccccc1)C[C@@H](C)C[C@@H](C)[C@H](C[C@@H]1O[C@@]1(C)CO)O[Si](C)(C)C(C)(C)C. The number of hydrogen-bond acceptors (Lipinski definition) is 4. The number of epoxide rings is 1. The molecule has 0 bridgehead atoms. The second-order valence-corrected chi connectivity index (χ2v) is 17.1. The molecule has 0 radical (unpaired) electrons. The number of aliphatic hydroxyl groups excluding tert-OH is 1. The lowest BCUT2D eigenvalue weighted by molar-refractivity contribution is 0.0738. The van der Waals surface area contributed by atoms with Crippen molar-refractivity contribution in [2.75, 3.05) is 13.2 Å². The fourth-order valence-corrected chi connectivity index (χ4v) is 5.92. The zero-order valence-corrected chi connectivity index (χ0v) is 23.7. The molecule has 5 heteroatoms. The van der Waals surface area contributed by atoms with Crippen LogP contribution in [0.1, 0.15) is 73.3 Å². The number of rotatable bonds is 14. The second-order valence-electron chi connectivity index (χ2n) is 12.4. The molecule has 1 aromatic rings. The third-order valence-corrected chi connectivity index (χ3v) is 12.3. The minimum Gasteiger partial charge on any atom is -0.414 e. The normalized spacial score (nSPS) is 24.8. The Labute approximate surface area is 204 Å². The van der Waals surface area contributed by atoms with Gasteiger partial charge >= 0.3 is 0 Å². The first-order chi connectivity index (χ1) is 15.3. The van der Waals surface area contributed by atoms with E-state index in [4.69, 9.17) is 13.9 Å². The van der Waals surface area contributed by atoms with Crippen LogP contribution < -0.4 is 0 Å². The zero-order chi connectivity index (χ0) is 24.9. The molecule has 1 aliphatic heterocycles. The van der Waals surface area contributed by atoms with Crippen molar-refractivity contribution in [3.63, 3.8) is 0 Å². The largest absolute Gasteiger partial charge is 0.414 e. The van der Waals surface area contributed by atoms with Gasteiger partial charge in [-0.15, -0.1) is 0 Å². The van der Waals surface area contributed by atoms with Crippen LogP contribution in [-0.4, -0.2) is 44.4 Å². The van der Waals surface area contributed by atoms with E-state index in [1.165, 1.54) is 5.56 Å². The minimum atomic E-state index is -1.90. The van der Waals surface area contributed by atoms with E-state index in [1.54, 1.807) is 0 Å². The predicted octanol–water partition coefficient (Wildman–Crippen LogP) is 6.82. The van der Waals surface area contributed by atoms with E-state index in [0.29, 0.717) is 24.4 Å². The third-order valence-electron chi connectivity index (χ3n) is 7.78. The highest BCUT2D eigenvalue weighted by Gasteiger charge is 2.53. The maximum atomic E-state index is 9.67. The van der Waals surface area contributed by atoms with Crippen molar-refractivity contribution in [1.29, 1.82) is 0 Å². The van der Waals surface area contributed by atoms with Crippen LogP contribution >= 0.6 is 0 Å². The Morgan fingerprint density at radius 3 is 2.24 bits per heavy atom. The van der Waals surface area contributed by atoms with Gasteiger partial charge in [-0.05, 0) is 61.2 Å². The number of benzene rings is 1. The standard InChI is InChI=1S/C28H50O4Si/c1-21(15-22(2)18-30-19-24-13-11-10-12-14-24)16-23(3)25(17-26-28(7,20-29)31-26)32-33(8,9)27(4,5)6/h10-14,21-23,25-26,29H,15-20H2,1-9H3/t21-,22+,23-,25+,26+,28+/m1/s1. The summed E-state index contributed by atoms with van der Waals surface area (Å²) in [6.07, 6.45) is 3.41. The van der Waals surface area contributed by atoms with Crippen LogP contribution in [0.15, 0.2) is 30.3 Å². The monoisotopic (exact) mass is 478 g/mol. The minimum absolute atomic E-state index is 0.0791. The highest BCUT2D eigenvalue weighted by atomic mass is 28.4. The Balaban J connectivity index is 1.88. The van der Waals surface area contributed by atoms with Crippen LogP contribution in [0.25, 0.3) is 0 Å². The molecule has 33 heavy (non-hydrogen) atoms. The van der Waals surface area contributed by atoms with Gasteiger partial charge in [0.15, 0.2) is 8.32 Å². The van der Waals surface area contributed by atoms with Crippen LogP contribution in [0.2, 0.25) is 18.1 Å². The lowest BCUT2D eigenvalue weighted by atomic mass is 9.85. The summed E-state index contributed by atoms with van der Waals surface area (Å²) >= 11 is 0. The molecule has 1 N–H and O–H groups in total. The Bertz CT molecular complexity index is 702. The van der Waals surface area contributed by atoms with Crippen LogP contribution in [0.3, 0.4) is 0 Å². The maximum absolute atomic E-state index is 9.67. The fraction of sp³-hybridized carbons (Fsp3) is 0.786. The molecular weight excluding hydrogens is 428 g/mol. The van der Waals surface area contributed by atoms with E-state index >= 15 is 0 Å². The summed E-state index contributed by atoms with van der Waals surface area (Å²) in [5, 5.41) is 9.84. The van der Waals surface area contributed by atoms with Gasteiger partial charge < -0.3 is 19.0 Å². The van der Waals surface area contributed by atoms with E-state index in [2.05, 4.69) is 78.9 Å². The molecule has 4 nitrogen and oxygen atoms in total. The van der Waals surface area contributed by atoms with E-state index in [-0.39, 0.29) is 29.5 Å². The van der Waals surface area contributed by atoms with Gasteiger partial charge in [0, 0.05) is 13.0 Å². The van der Waals surface area contributed by atoms with Crippen molar-refractivity contribution >= 4 is 8.32 Å². The summed E-state index contributed by atoms with van der Waals surface area (Å²) in [5.74, 6) is 1.57. The highest BCUT2D eigenvalue weighted by Crippen LogP contribution is 2.44. The third kappa shape index (κ3) is 8.77. The van der Waals surface area contributed by atoms with Crippen molar-refractivity contribution in [3.05, 3.63) is 35.9 Å². The van der Waals surface area contributed by atoms with Crippen molar-refractivity contribution in [2.24, 2.45) is 17.8 Å². The van der Waals surface area contributed by atoms with Gasteiger partial charge in [0.2, 0.25) is 0 Å². The topological polar surface area (TPSA) is 51.2 Å². The Morgan fingerprint density at radius 1 is 1.06 bits per heavy atom. The van der Waals surface area contributed by atoms with Gasteiger partial charge in [-0.1, -0.05) is 71.9 Å². The lowest BCUT2D eigenvalue weighted by Crippen LogP contribution is -2.46. The maximum Gasteiger partial charge on any atom is 0.192 e. The molecule has 0 amide bonds. The van der Waals surface area contributed by atoms with E-state index in [0.717, 1.165) is 25.9 Å². The van der Waals surface area contributed by atoms with Crippen molar-refractivity contribution in [3.8, 4) is 0 Å². The van der Waals surface area contributed by atoms with E-state index < -0.39 is 8.32 Å². The zero-order valence-electron chi connectivity index (χ0n) is 22.7. The van der Waals surface area contributed by atoms with Crippen molar-refractivity contribution in [1.82, 2.24) is 0 Å². The Morgan fingerprint density at radius 2 is 1.70 bits per heavy atom. The fourth-order valence-electron chi connectivity index (χ4n) is 4.48. The molecule has 1 aliphatic rings. The molecule has 190 valence electrons. The van der Waals surface area contributed by atoms with Gasteiger partial charge in [-0.3, -0.25) is 0 Å². The molecule has 0 aliphatic carbocycles. The average molecular weight is 479 g/mol. The highest BCUT2D eigenvalue weighted by molar-refractivity contribution is 6.74. The van der Waals surface area contributed by atoms with Gasteiger partial charge in [0.25, 0.3) is 0 Å². The molecule has 1 fully saturated rings. The first kappa shape index (κ1) is 28.5. The first-order valence-corrected chi connectivity index (χ1v) is 15.8. The second kappa shape index (κ2) is 11.8. The average Bonchev–Trinajstić information content (AvgIpc) is 3.37. The van der Waals surface area contributed by atoms with Gasteiger partial charge in [0.05, 0.1) is 25.4 Å². The van der Waals surface area contributed by atoms with Crippen molar-refractivity contribution in [2.45, 2.75) is 110 Å². The van der Waals surface area contributed by atoms with Crippen LogP contribution in [0.5, 0.6) is 0 Å². The molecule has 0 aromatic heterocycles. The number of aliphatic hydroxyl groups is 1. The molecular formula is C28H50O4Si. The molecule has 1 saturated heterocycles. The van der Waals surface area contributed by atoms with Crippen LogP contribution in [0, 0.1) is 17.8 Å². The molecule has 1 aromatic carbocycles. The summed E-state index contributed by atoms with van der Waals surface area (Å²) in [7, 11) is -1.90. The number of ether oxygens (including phenoxy) is 2. The van der Waals surface area contributed by atoms with E-state index in [1.807, 2.05) is 13.0 Å².